The molecule has 1 aromatic carbocycles. The van der Waals surface area contributed by atoms with Gasteiger partial charge in [0.1, 0.15) is 0 Å². The third-order valence-electron chi connectivity index (χ3n) is 2.97. The molecule has 0 radical (unpaired) electrons. The molecule has 0 aliphatic carbocycles. The topological polar surface area (TPSA) is 20.3 Å². The van der Waals surface area contributed by atoms with Gasteiger partial charge in [-0.15, -0.1) is 0 Å². The highest BCUT2D eigenvalue weighted by atomic mass is 79.9. The van der Waals surface area contributed by atoms with Gasteiger partial charge in [-0.05, 0) is 17.5 Å². The van der Waals surface area contributed by atoms with Crippen molar-refractivity contribution >= 4 is 21.8 Å². The molecule has 3 heteroatoms. The van der Waals surface area contributed by atoms with Crippen LogP contribution >= 0.6 is 15.9 Å². The maximum absolute atomic E-state index is 11.6. The average molecular weight is 282 g/mol. The molecule has 0 spiro atoms. The Morgan fingerprint density at radius 3 is 2.44 bits per heavy atom. The van der Waals surface area contributed by atoms with Crippen molar-refractivity contribution in [2.75, 3.05) is 6.54 Å². The van der Waals surface area contributed by atoms with Crippen LogP contribution in [0.2, 0.25) is 0 Å². The predicted octanol–water partition coefficient (Wildman–Crippen LogP) is 2.74. The molecule has 16 heavy (non-hydrogen) atoms. The third-order valence-corrected chi connectivity index (χ3v) is 3.59. The Kier molecular flexibility index (Phi) is 3.64. The first kappa shape index (κ1) is 11.6. The van der Waals surface area contributed by atoms with Crippen molar-refractivity contribution in [2.45, 2.75) is 31.1 Å². The fourth-order valence-electron chi connectivity index (χ4n) is 1.98. The molecule has 1 unspecified atom stereocenters. The quantitative estimate of drug-likeness (QED) is 0.781. The van der Waals surface area contributed by atoms with Crippen LogP contribution in [0.25, 0.3) is 0 Å². The number of amides is 1. The van der Waals surface area contributed by atoms with Crippen molar-refractivity contribution in [3.05, 3.63) is 35.4 Å². The molecular formula is C13H16BrNO. The van der Waals surface area contributed by atoms with E-state index < -0.39 is 0 Å². The number of hydrogen-bond acceptors (Lipinski definition) is 1. The first-order chi connectivity index (χ1) is 7.69. The lowest BCUT2D eigenvalue weighted by atomic mass is 10.1. The predicted molar refractivity (Wildman–Crippen MR) is 68.6 cm³/mol. The Hall–Kier alpha value is -0.830. The molecule has 1 atom stereocenters. The minimum absolute atomic E-state index is 0.251. The van der Waals surface area contributed by atoms with Gasteiger partial charge in [0.2, 0.25) is 5.91 Å². The molecular weight excluding hydrogens is 266 g/mol. The summed E-state index contributed by atoms with van der Waals surface area (Å²) in [6.07, 6.45) is 1.69. The van der Waals surface area contributed by atoms with Gasteiger partial charge in [0.25, 0.3) is 0 Å². The van der Waals surface area contributed by atoms with E-state index in [9.17, 15) is 4.79 Å². The SMILES string of the molecule is CCc1ccc(CN2CC(Br)CC2=O)cc1. The summed E-state index contributed by atoms with van der Waals surface area (Å²) >= 11 is 3.49. The Morgan fingerprint density at radius 2 is 1.94 bits per heavy atom. The molecule has 0 N–H and O–H groups in total. The zero-order valence-corrected chi connectivity index (χ0v) is 11.0. The fourth-order valence-corrected chi connectivity index (χ4v) is 2.60. The van der Waals surface area contributed by atoms with Crippen LogP contribution in [0.15, 0.2) is 24.3 Å². The number of rotatable bonds is 3. The van der Waals surface area contributed by atoms with E-state index in [1.54, 1.807) is 0 Å². The second kappa shape index (κ2) is 5.00. The Morgan fingerprint density at radius 1 is 1.31 bits per heavy atom. The largest absolute Gasteiger partial charge is 0.337 e. The number of likely N-dealkylation sites (tertiary alicyclic amines) is 1. The van der Waals surface area contributed by atoms with Crippen LogP contribution < -0.4 is 0 Å². The summed E-state index contributed by atoms with van der Waals surface area (Å²) in [5.41, 5.74) is 2.56. The highest BCUT2D eigenvalue weighted by Crippen LogP contribution is 2.20. The Balaban J connectivity index is 2.01. The van der Waals surface area contributed by atoms with E-state index in [4.69, 9.17) is 0 Å². The normalized spacial score (nSPS) is 20.5. The van der Waals surface area contributed by atoms with Gasteiger partial charge in [-0.25, -0.2) is 0 Å². The summed E-state index contributed by atoms with van der Waals surface area (Å²) in [5.74, 6) is 0.251. The van der Waals surface area contributed by atoms with Gasteiger partial charge in [0.05, 0.1) is 0 Å². The van der Waals surface area contributed by atoms with Crippen LogP contribution in [0, 0.1) is 0 Å². The maximum Gasteiger partial charge on any atom is 0.224 e. The van der Waals surface area contributed by atoms with Gasteiger partial charge in [-0.3, -0.25) is 4.79 Å². The lowest BCUT2D eigenvalue weighted by molar-refractivity contribution is -0.128. The zero-order valence-electron chi connectivity index (χ0n) is 9.45. The van der Waals surface area contributed by atoms with Crippen LogP contribution in [0.4, 0.5) is 0 Å². The molecule has 1 aromatic rings. The fraction of sp³-hybridized carbons (Fsp3) is 0.462. The highest BCUT2D eigenvalue weighted by Gasteiger charge is 2.27. The molecule has 1 fully saturated rings. The van der Waals surface area contributed by atoms with E-state index in [-0.39, 0.29) is 5.91 Å². The molecule has 0 bridgehead atoms. The van der Waals surface area contributed by atoms with E-state index >= 15 is 0 Å². The van der Waals surface area contributed by atoms with Crippen LogP contribution in [-0.2, 0) is 17.8 Å². The molecule has 0 aromatic heterocycles. The van der Waals surface area contributed by atoms with Gasteiger partial charge in [-0.1, -0.05) is 47.1 Å². The number of carbonyl (C=O) groups excluding carboxylic acids is 1. The van der Waals surface area contributed by atoms with Crippen molar-refractivity contribution in [1.29, 1.82) is 0 Å². The van der Waals surface area contributed by atoms with Crippen molar-refractivity contribution in [3.63, 3.8) is 0 Å². The number of halogens is 1. The first-order valence-electron chi connectivity index (χ1n) is 5.68. The summed E-state index contributed by atoms with van der Waals surface area (Å²) in [4.78, 5) is 13.9. The number of nitrogens with zero attached hydrogens (tertiary/aromatic N) is 1. The monoisotopic (exact) mass is 281 g/mol. The van der Waals surface area contributed by atoms with E-state index in [2.05, 4.69) is 47.1 Å². The molecule has 1 amide bonds. The van der Waals surface area contributed by atoms with Crippen molar-refractivity contribution in [3.8, 4) is 0 Å². The average Bonchev–Trinajstić information content (AvgIpc) is 2.59. The third kappa shape index (κ3) is 2.64. The minimum atomic E-state index is 0.251. The van der Waals surface area contributed by atoms with Crippen molar-refractivity contribution < 1.29 is 4.79 Å². The molecule has 2 rings (SSSR count). The van der Waals surface area contributed by atoms with Crippen molar-refractivity contribution in [2.24, 2.45) is 0 Å². The van der Waals surface area contributed by atoms with Crippen LogP contribution in [0.5, 0.6) is 0 Å². The second-order valence-corrected chi connectivity index (χ2v) is 5.54. The van der Waals surface area contributed by atoms with Crippen LogP contribution in [-0.4, -0.2) is 22.2 Å². The van der Waals surface area contributed by atoms with E-state index in [1.807, 2.05) is 4.90 Å². The molecule has 1 saturated heterocycles. The lowest BCUT2D eigenvalue weighted by Gasteiger charge is -2.15. The maximum atomic E-state index is 11.6. The van der Waals surface area contributed by atoms with Crippen molar-refractivity contribution in [1.82, 2.24) is 4.90 Å². The van der Waals surface area contributed by atoms with Gasteiger partial charge in [-0.2, -0.15) is 0 Å². The zero-order chi connectivity index (χ0) is 11.5. The number of aryl methyl sites for hydroxylation is 1. The molecule has 86 valence electrons. The summed E-state index contributed by atoms with van der Waals surface area (Å²) in [5, 5.41) is 0. The number of carbonyl (C=O) groups is 1. The highest BCUT2D eigenvalue weighted by molar-refractivity contribution is 9.09. The number of alkyl halides is 1. The lowest BCUT2D eigenvalue weighted by Crippen LogP contribution is -2.24. The van der Waals surface area contributed by atoms with Gasteiger partial charge < -0.3 is 4.90 Å². The summed E-state index contributed by atoms with van der Waals surface area (Å²) in [7, 11) is 0. The van der Waals surface area contributed by atoms with Crippen LogP contribution in [0.3, 0.4) is 0 Å². The molecule has 1 heterocycles. The van der Waals surface area contributed by atoms with E-state index in [1.165, 1.54) is 11.1 Å². The molecule has 0 saturated carbocycles. The second-order valence-electron chi connectivity index (χ2n) is 4.25. The Labute approximate surface area is 105 Å². The molecule has 2 nitrogen and oxygen atoms in total. The minimum Gasteiger partial charge on any atom is -0.337 e. The first-order valence-corrected chi connectivity index (χ1v) is 6.60. The van der Waals surface area contributed by atoms with Gasteiger partial charge >= 0.3 is 0 Å². The smallest absolute Gasteiger partial charge is 0.224 e. The van der Waals surface area contributed by atoms with E-state index in [0.717, 1.165) is 19.5 Å². The van der Waals surface area contributed by atoms with Gasteiger partial charge in [0, 0.05) is 24.3 Å². The summed E-state index contributed by atoms with van der Waals surface area (Å²) < 4.78 is 0. The number of benzene rings is 1. The Bertz CT molecular complexity index is 374. The number of hydrogen-bond donors (Lipinski definition) is 0. The molecule has 1 aliphatic rings. The standard InChI is InChI=1S/C13H16BrNO/c1-2-10-3-5-11(6-4-10)8-15-9-12(14)7-13(15)16/h3-6,12H,2,7-9H2,1H3. The van der Waals surface area contributed by atoms with E-state index in [0.29, 0.717) is 11.2 Å². The van der Waals surface area contributed by atoms with Gasteiger partial charge in [0.15, 0.2) is 0 Å². The summed E-state index contributed by atoms with van der Waals surface area (Å²) in [6, 6.07) is 8.52. The van der Waals surface area contributed by atoms with Crippen LogP contribution in [0.1, 0.15) is 24.5 Å². The summed E-state index contributed by atoms with van der Waals surface area (Å²) in [6.45, 7) is 3.72. The molecule has 1 aliphatic heterocycles.